The second-order valence-electron chi connectivity index (χ2n) is 2.59. The fourth-order valence-corrected chi connectivity index (χ4v) is 1.35. The molecule has 0 aliphatic rings. The number of aromatic hydroxyl groups is 1. The van der Waals surface area contributed by atoms with Crippen molar-refractivity contribution in [3.05, 3.63) is 23.0 Å². The average Bonchev–Trinajstić information content (AvgIpc) is 2.09. The van der Waals surface area contributed by atoms with E-state index in [0.29, 0.717) is 5.56 Å². The van der Waals surface area contributed by atoms with Crippen LogP contribution < -0.4 is 0 Å². The first-order valence-electron chi connectivity index (χ1n) is 3.59. The van der Waals surface area contributed by atoms with Gasteiger partial charge in [0.1, 0.15) is 11.4 Å². The zero-order chi connectivity index (χ0) is 10.0. The molecule has 0 aliphatic carbocycles. The third kappa shape index (κ3) is 2.15. The van der Waals surface area contributed by atoms with E-state index in [-0.39, 0.29) is 22.5 Å². The number of aryl methyl sites for hydroxylation is 1. The minimum atomic E-state index is -2.60. The molecule has 5 heteroatoms. The maximum atomic E-state index is 12.2. The van der Waals surface area contributed by atoms with Crippen molar-refractivity contribution in [3.63, 3.8) is 0 Å². The summed E-state index contributed by atoms with van der Waals surface area (Å²) in [5, 5.41) is 9.63. The molecule has 2 nitrogen and oxygen atoms in total. The van der Waals surface area contributed by atoms with Crippen molar-refractivity contribution < 1.29 is 13.9 Å². The van der Waals surface area contributed by atoms with Crippen molar-refractivity contribution in [1.82, 2.24) is 4.98 Å². The largest absolute Gasteiger partial charge is 0.506 e. The second-order valence-corrected chi connectivity index (χ2v) is 3.15. The Hall–Kier alpha value is -0.710. The lowest BCUT2D eigenvalue weighted by molar-refractivity contribution is 0.145. The Labute approximate surface area is 82.7 Å². The van der Waals surface area contributed by atoms with Crippen LogP contribution in [0.5, 0.6) is 5.75 Å². The van der Waals surface area contributed by atoms with Crippen LogP contribution in [0.2, 0.25) is 0 Å². The molecule has 1 rings (SSSR count). The second kappa shape index (κ2) is 4.00. The zero-order valence-electron chi connectivity index (χ0n) is 6.89. The molecule has 0 unspecified atom stereocenters. The number of halogens is 3. The third-order valence-electron chi connectivity index (χ3n) is 1.63. The Bertz CT molecular complexity index is 317. The molecule has 0 radical (unpaired) electrons. The minimum absolute atomic E-state index is 0.0266. The molecule has 0 amide bonds. The van der Waals surface area contributed by atoms with Gasteiger partial charge in [0, 0.05) is 5.33 Å². The quantitative estimate of drug-likeness (QED) is 0.821. The van der Waals surface area contributed by atoms with Crippen LogP contribution in [0.25, 0.3) is 0 Å². The van der Waals surface area contributed by atoms with Gasteiger partial charge in [0.2, 0.25) is 0 Å². The molecular weight excluding hydrogens is 244 g/mol. The molecule has 1 heterocycles. The molecule has 0 spiro atoms. The fourth-order valence-electron chi connectivity index (χ4n) is 0.964. The van der Waals surface area contributed by atoms with Crippen LogP contribution in [0, 0.1) is 6.92 Å². The van der Waals surface area contributed by atoms with E-state index < -0.39 is 6.43 Å². The van der Waals surface area contributed by atoms with Crippen LogP contribution in [0.15, 0.2) is 6.07 Å². The number of aromatic nitrogens is 1. The molecule has 1 aromatic heterocycles. The van der Waals surface area contributed by atoms with Crippen LogP contribution in [0.4, 0.5) is 8.78 Å². The van der Waals surface area contributed by atoms with Gasteiger partial charge in [0.15, 0.2) is 0 Å². The van der Waals surface area contributed by atoms with E-state index in [0.717, 1.165) is 0 Å². The van der Waals surface area contributed by atoms with Crippen molar-refractivity contribution in [1.29, 1.82) is 0 Å². The lowest BCUT2D eigenvalue weighted by Crippen LogP contribution is -1.96. The summed E-state index contributed by atoms with van der Waals surface area (Å²) in [6.45, 7) is 1.56. The summed E-state index contributed by atoms with van der Waals surface area (Å²) in [5.74, 6) is -0.0266. The highest BCUT2D eigenvalue weighted by Crippen LogP contribution is 2.27. The lowest BCUT2D eigenvalue weighted by atomic mass is 10.2. The number of alkyl halides is 3. The van der Waals surface area contributed by atoms with Crippen molar-refractivity contribution in [2.45, 2.75) is 18.7 Å². The highest BCUT2D eigenvalue weighted by atomic mass is 79.9. The molecule has 0 fully saturated rings. The molecule has 0 atom stereocenters. The normalized spacial score (nSPS) is 10.8. The topological polar surface area (TPSA) is 33.1 Å². The standard InChI is InChI=1S/C8H8BrF2NO/c1-4-2-5(8(10)11)12-6(3-9)7(4)13/h2,8,13H,3H2,1H3. The van der Waals surface area contributed by atoms with Gasteiger partial charge < -0.3 is 5.11 Å². The van der Waals surface area contributed by atoms with Crippen molar-refractivity contribution in [3.8, 4) is 5.75 Å². The molecule has 0 bridgehead atoms. The van der Waals surface area contributed by atoms with Gasteiger partial charge in [-0.3, -0.25) is 0 Å². The van der Waals surface area contributed by atoms with Crippen LogP contribution >= 0.6 is 15.9 Å². The van der Waals surface area contributed by atoms with Gasteiger partial charge in [-0.15, -0.1) is 0 Å². The van der Waals surface area contributed by atoms with Gasteiger partial charge >= 0.3 is 0 Å². The fraction of sp³-hybridized carbons (Fsp3) is 0.375. The predicted octanol–water partition coefficient (Wildman–Crippen LogP) is 2.93. The summed E-state index contributed by atoms with van der Waals surface area (Å²) < 4.78 is 24.5. The average molecular weight is 252 g/mol. The molecule has 13 heavy (non-hydrogen) atoms. The van der Waals surface area contributed by atoms with Crippen LogP contribution in [-0.4, -0.2) is 10.1 Å². The molecule has 0 aromatic carbocycles. The number of rotatable bonds is 2. The van der Waals surface area contributed by atoms with Gasteiger partial charge in [0.05, 0.1) is 5.69 Å². The van der Waals surface area contributed by atoms with Gasteiger partial charge in [0.25, 0.3) is 6.43 Å². The van der Waals surface area contributed by atoms with E-state index in [2.05, 4.69) is 20.9 Å². The van der Waals surface area contributed by atoms with Gasteiger partial charge in [-0.2, -0.15) is 0 Å². The summed E-state index contributed by atoms with van der Waals surface area (Å²) in [5.41, 5.74) is 0.361. The first-order valence-corrected chi connectivity index (χ1v) is 4.72. The number of hydrogen-bond acceptors (Lipinski definition) is 2. The number of hydrogen-bond donors (Lipinski definition) is 1. The molecule has 0 aliphatic heterocycles. The number of nitrogens with zero attached hydrogens (tertiary/aromatic N) is 1. The van der Waals surface area contributed by atoms with E-state index in [1.807, 2.05) is 0 Å². The summed E-state index contributed by atoms with van der Waals surface area (Å²) >= 11 is 3.06. The molecule has 1 aromatic rings. The maximum Gasteiger partial charge on any atom is 0.280 e. The zero-order valence-corrected chi connectivity index (χ0v) is 8.48. The Kier molecular flexibility index (Phi) is 3.19. The van der Waals surface area contributed by atoms with E-state index in [9.17, 15) is 13.9 Å². The SMILES string of the molecule is Cc1cc(C(F)F)nc(CBr)c1O. The summed E-state index contributed by atoms with van der Waals surface area (Å²) in [6, 6.07) is 1.19. The van der Waals surface area contributed by atoms with Crippen molar-refractivity contribution in [2.75, 3.05) is 0 Å². The van der Waals surface area contributed by atoms with Crippen molar-refractivity contribution in [2.24, 2.45) is 0 Å². The summed E-state index contributed by atoms with van der Waals surface area (Å²) in [4.78, 5) is 3.60. The maximum absolute atomic E-state index is 12.2. The Balaban J connectivity index is 3.22. The first kappa shape index (κ1) is 10.4. The monoisotopic (exact) mass is 251 g/mol. The highest BCUT2D eigenvalue weighted by molar-refractivity contribution is 9.08. The van der Waals surface area contributed by atoms with E-state index in [1.54, 1.807) is 6.92 Å². The van der Waals surface area contributed by atoms with Gasteiger partial charge in [-0.1, -0.05) is 15.9 Å². The van der Waals surface area contributed by atoms with E-state index in [1.165, 1.54) is 6.07 Å². The smallest absolute Gasteiger partial charge is 0.280 e. The highest BCUT2D eigenvalue weighted by Gasteiger charge is 2.14. The Morgan fingerprint density at radius 1 is 1.62 bits per heavy atom. The summed E-state index contributed by atoms with van der Waals surface area (Å²) in [7, 11) is 0. The van der Waals surface area contributed by atoms with E-state index in [4.69, 9.17) is 0 Å². The van der Waals surface area contributed by atoms with Gasteiger partial charge in [-0.25, -0.2) is 13.8 Å². The Morgan fingerprint density at radius 2 is 2.23 bits per heavy atom. The van der Waals surface area contributed by atoms with Crippen molar-refractivity contribution >= 4 is 15.9 Å². The minimum Gasteiger partial charge on any atom is -0.506 e. The molecule has 72 valence electrons. The van der Waals surface area contributed by atoms with E-state index >= 15 is 0 Å². The van der Waals surface area contributed by atoms with Crippen LogP contribution in [0.1, 0.15) is 23.4 Å². The molecule has 1 N–H and O–H groups in total. The molecule has 0 saturated heterocycles. The van der Waals surface area contributed by atoms with Crippen LogP contribution in [-0.2, 0) is 5.33 Å². The number of pyridine rings is 1. The Morgan fingerprint density at radius 3 is 2.69 bits per heavy atom. The first-order chi connectivity index (χ1) is 6.06. The third-order valence-corrected chi connectivity index (χ3v) is 2.16. The molecule has 0 saturated carbocycles. The lowest BCUT2D eigenvalue weighted by Gasteiger charge is -2.06. The molecular formula is C8H8BrF2NO. The van der Waals surface area contributed by atoms with Gasteiger partial charge in [-0.05, 0) is 18.6 Å². The predicted molar refractivity (Wildman–Crippen MR) is 48.2 cm³/mol. The summed E-state index contributed by atoms with van der Waals surface area (Å²) in [6.07, 6.45) is -2.60. The van der Waals surface area contributed by atoms with Crippen LogP contribution in [0.3, 0.4) is 0 Å².